The van der Waals surface area contributed by atoms with Crippen molar-refractivity contribution in [2.24, 2.45) is 0 Å². The second kappa shape index (κ2) is 4.72. The molecule has 0 N–H and O–H groups in total. The zero-order valence-electron chi connectivity index (χ0n) is 10.6. The molecule has 1 saturated heterocycles. The fraction of sp³-hybridized carbons (Fsp3) is 0.571. The number of rotatable bonds is 2. The van der Waals surface area contributed by atoms with E-state index in [0.29, 0.717) is 5.92 Å². The molecule has 0 radical (unpaired) electrons. The Morgan fingerprint density at radius 1 is 1.19 bits per heavy atom. The smallest absolute Gasteiger partial charge is 0.0723 e. The van der Waals surface area contributed by atoms with E-state index < -0.39 is 0 Å². The molecule has 0 aromatic heterocycles. The van der Waals surface area contributed by atoms with Crippen LogP contribution in [-0.2, 0) is 9.96 Å². The highest BCUT2D eigenvalue weighted by Crippen LogP contribution is 2.32. The molecule has 1 aliphatic rings. The van der Waals surface area contributed by atoms with Gasteiger partial charge in [0.2, 0.25) is 0 Å². The maximum Gasteiger partial charge on any atom is 0.0723 e. The van der Waals surface area contributed by atoms with Crippen LogP contribution >= 0.6 is 0 Å². The molecule has 2 heteroatoms. The first kappa shape index (κ1) is 11.9. The topological polar surface area (TPSA) is 9.23 Å². The predicted octanol–water partition coefficient (Wildman–Crippen LogP) is 2.53. The van der Waals surface area contributed by atoms with Crippen LogP contribution in [0.4, 0.5) is 0 Å². The Kier molecular flexibility index (Phi) is 3.50. The summed E-state index contributed by atoms with van der Waals surface area (Å²) in [6, 6.07) is 9.07. The second-order valence-electron chi connectivity index (χ2n) is 5.31. The van der Waals surface area contributed by atoms with Crippen LogP contribution in [0.5, 0.6) is 0 Å². The number of hydrogen-bond acceptors (Lipinski definition) is 1. The summed E-state index contributed by atoms with van der Waals surface area (Å²) in [5, 5.41) is 0.0910. The van der Waals surface area contributed by atoms with E-state index in [9.17, 15) is 0 Å². The molecule has 1 aromatic carbocycles. The van der Waals surface area contributed by atoms with Gasteiger partial charge in [-0.05, 0) is 36.3 Å². The molecule has 1 nitrogen and oxygen atoms in total. The maximum absolute atomic E-state index is 6.01. The van der Waals surface area contributed by atoms with E-state index in [1.807, 2.05) is 0 Å². The van der Waals surface area contributed by atoms with Gasteiger partial charge in [0.15, 0.2) is 0 Å². The Hall–Kier alpha value is -0.603. The van der Waals surface area contributed by atoms with Gasteiger partial charge in [-0.15, -0.1) is 0 Å². The van der Waals surface area contributed by atoms with Gasteiger partial charge >= 0.3 is 0 Å². The quantitative estimate of drug-likeness (QED) is 0.715. The van der Waals surface area contributed by atoms with Crippen molar-refractivity contribution in [3.63, 3.8) is 0 Å². The third kappa shape index (κ3) is 2.38. The summed E-state index contributed by atoms with van der Waals surface area (Å²) in [6.07, 6.45) is 3.75. The van der Waals surface area contributed by atoms with Gasteiger partial charge in [-0.1, -0.05) is 38.1 Å². The molecule has 2 rings (SSSR count). The van der Waals surface area contributed by atoms with Crippen LogP contribution < -0.4 is 0 Å². The van der Waals surface area contributed by atoms with Gasteiger partial charge in [0.1, 0.15) is 0 Å². The molecule has 1 aliphatic heterocycles. The van der Waals surface area contributed by atoms with E-state index in [1.165, 1.54) is 30.4 Å². The van der Waals surface area contributed by atoms with Crippen LogP contribution in [0.2, 0.25) is 0 Å². The predicted molar refractivity (Wildman–Crippen MR) is 72.0 cm³/mol. The third-order valence-corrected chi connectivity index (χ3v) is 5.02. The second-order valence-corrected chi connectivity index (χ2v) is 6.93. The molecule has 88 valence electrons. The Balaban J connectivity index is 2.20. The highest BCUT2D eigenvalue weighted by molar-refractivity contribution is 6.14. The molecule has 1 aromatic rings. The normalized spacial score (nSPS) is 26.2. The van der Waals surface area contributed by atoms with Crippen LogP contribution in [0.1, 0.15) is 50.2 Å². The lowest BCUT2D eigenvalue weighted by Crippen LogP contribution is -2.33. The van der Waals surface area contributed by atoms with Crippen molar-refractivity contribution in [1.29, 1.82) is 0 Å². The summed E-state index contributed by atoms with van der Waals surface area (Å²) in [5.41, 5.74) is 2.81. The minimum absolute atomic E-state index is 0.0910. The van der Waals surface area contributed by atoms with Crippen molar-refractivity contribution in [2.75, 3.05) is 6.61 Å². The Morgan fingerprint density at radius 2 is 1.88 bits per heavy atom. The number of ether oxygens (including phenoxy) is 1. The summed E-state index contributed by atoms with van der Waals surface area (Å²) >= 11 is 0. The van der Waals surface area contributed by atoms with Gasteiger partial charge in [-0.25, -0.2) is 0 Å². The molecule has 0 bridgehead atoms. The molecule has 1 atom stereocenters. The average molecular weight is 234 g/mol. The standard InChI is InChI=1S/C14H22OSi/c1-11(2)12-5-7-13(8-6-12)14(16)9-3-4-10-15-14/h5-8,11H,3-4,9-10H2,1-2,16H3. The lowest BCUT2D eigenvalue weighted by Gasteiger charge is -2.34. The van der Waals surface area contributed by atoms with Gasteiger partial charge in [-0.2, -0.15) is 0 Å². The largest absolute Gasteiger partial charge is 0.375 e. The average Bonchev–Trinajstić information content (AvgIpc) is 2.30. The van der Waals surface area contributed by atoms with Crippen molar-refractivity contribution in [2.45, 2.75) is 44.3 Å². The Labute approximate surface area is 102 Å². The van der Waals surface area contributed by atoms with Crippen molar-refractivity contribution >= 4 is 10.2 Å². The molecule has 0 saturated carbocycles. The lowest BCUT2D eigenvalue weighted by atomic mass is 9.96. The van der Waals surface area contributed by atoms with E-state index in [4.69, 9.17) is 4.74 Å². The third-order valence-electron chi connectivity index (χ3n) is 3.66. The van der Waals surface area contributed by atoms with Gasteiger partial charge < -0.3 is 4.74 Å². The van der Waals surface area contributed by atoms with E-state index in [0.717, 1.165) is 16.8 Å². The van der Waals surface area contributed by atoms with Gasteiger partial charge in [-0.3, -0.25) is 0 Å². The molecule has 16 heavy (non-hydrogen) atoms. The van der Waals surface area contributed by atoms with Crippen molar-refractivity contribution in [3.05, 3.63) is 35.4 Å². The molecular formula is C14H22OSi. The molecule has 0 spiro atoms. The van der Waals surface area contributed by atoms with E-state index in [-0.39, 0.29) is 5.22 Å². The molecule has 1 fully saturated rings. The zero-order chi connectivity index (χ0) is 11.6. The van der Waals surface area contributed by atoms with E-state index >= 15 is 0 Å². The van der Waals surface area contributed by atoms with Gasteiger partial charge in [0.25, 0.3) is 0 Å². The highest BCUT2D eigenvalue weighted by atomic mass is 28.1. The van der Waals surface area contributed by atoms with Crippen LogP contribution in [0, 0.1) is 0 Å². The van der Waals surface area contributed by atoms with Crippen molar-refractivity contribution in [3.8, 4) is 0 Å². The summed E-state index contributed by atoms with van der Waals surface area (Å²) < 4.78 is 6.01. The van der Waals surface area contributed by atoms with E-state index in [2.05, 4.69) is 38.1 Å². The van der Waals surface area contributed by atoms with Crippen LogP contribution in [0.3, 0.4) is 0 Å². The Morgan fingerprint density at radius 3 is 2.38 bits per heavy atom. The lowest BCUT2D eigenvalue weighted by molar-refractivity contribution is -0.0210. The van der Waals surface area contributed by atoms with Gasteiger partial charge in [0, 0.05) is 16.8 Å². The summed E-state index contributed by atoms with van der Waals surface area (Å²) in [7, 11) is 1.09. The summed E-state index contributed by atoms with van der Waals surface area (Å²) in [5.74, 6) is 0.617. The van der Waals surface area contributed by atoms with Crippen LogP contribution in [-0.4, -0.2) is 16.8 Å². The van der Waals surface area contributed by atoms with Crippen molar-refractivity contribution in [1.82, 2.24) is 0 Å². The first-order valence-electron chi connectivity index (χ1n) is 6.36. The molecule has 0 amide bonds. The van der Waals surface area contributed by atoms with Crippen LogP contribution in [0.25, 0.3) is 0 Å². The summed E-state index contributed by atoms with van der Waals surface area (Å²) in [4.78, 5) is 0. The first-order valence-corrected chi connectivity index (χ1v) is 7.36. The zero-order valence-corrected chi connectivity index (χ0v) is 12.6. The minimum Gasteiger partial charge on any atom is -0.375 e. The summed E-state index contributed by atoms with van der Waals surface area (Å²) in [6.45, 7) is 5.42. The SMILES string of the molecule is CC(C)c1ccc(C2([SiH3])CCCCO2)cc1. The number of benzene rings is 1. The molecule has 0 aliphatic carbocycles. The maximum atomic E-state index is 6.01. The Bertz CT molecular complexity index is 336. The molecule has 1 heterocycles. The fourth-order valence-electron chi connectivity index (χ4n) is 2.38. The van der Waals surface area contributed by atoms with Crippen LogP contribution in [0.15, 0.2) is 24.3 Å². The fourth-order valence-corrected chi connectivity index (χ4v) is 3.27. The number of hydrogen-bond donors (Lipinski definition) is 0. The molecule has 1 unspecified atom stereocenters. The van der Waals surface area contributed by atoms with Gasteiger partial charge in [0.05, 0.1) is 5.22 Å². The van der Waals surface area contributed by atoms with Crippen molar-refractivity contribution < 1.29 is 4.74 Å². The molecular weight excluding hydrogens is 212 g/mol. The van der Waals surface area contributed by atoms with E-state index in [1.54, 1.807) is 0 Å². The first-order chi connectivity index (χ1) is 7.62. The highest BCUT2D eigenvalue weighted by Gasteiger charge is 2.29. The monoisotopic (exact) mass is 234 g/mol. The minimum atomic E-state index is 0.0910.